The van der Waals surface area contributed by atoms with Crippen LogP contribution < -0.4 is 5.32 Å². The first-order valence-electron chi connectivity index (χ1n) is 6.97. The number of aromatic nitrogens is 1. The monoisotopic (exact) mass is 299 g/mol. The molecule has 0 fully saturated rings. The van der Waals surface area contributed by atoms with Gasteiger partial charge in [0, 0.05) is 25.8 Å². The van der Waals surface area contributed by atoms with Crippen LogP contribution in [0.2, 0.25) is 0 Å². The maximum Gasteiger partial charge on any atom is 0.244 e. The van der Waals surface area contributed by atoms with E-state index in [1.54, 1.807) is 19.2 Å². The van der Waals surface area contributed by atoms with Gasteiger partial charge in [-0.2, -0.15) is 4.31 Å². The van der Waals surface area contributed by atoms with E-state index in [4.69, 9.17) is 0 Å². The minimum Gasteiger partial charge on any atom is -0.370 e. The summed E-state index contributed by atoms with van der Waals surface area (Å²) < 4.78 is 26.4. The number of hydrogen-bond donors (Lipinski definition) is 1. The molecule has 1 rings (SSSR count). The number of pyridine rings is 1. The summed E-state index contributed by atoms with van der Waals surface area (Å²) in [5.41, 5.74) is 0. The van der Waals surface area contributed by atoms with E-state index < -0.39 is 10.0 Å². The molecular weight excluding hydrogens is 274 g/mol. The van der Waals surface area contributed by atoms with Crippen LogP contribution in [0.3, 0.4) is 0 Å². The molecule has 1 heterocycles. The summed E-state index contributed by atoms with van der Waals surface area (Å²) in [4.78, 5) is 4.35. The molecule has 1 unspecified atom stereocenters. The van der Waals surface area contributed by atoms with Crippen LogP contribution in [-0.4, -0.2) is 37.3 Å². The van der Waals surface area contributed by atoms with Gasteiger partial charge in [-0.1, -0.05) is 13.8 Å². The Kier molecular flexibility index (Phi) is 5.95. The summed E-state index contributed by atoms with van der Waals surface area (Å²) in [7, 11) is -1.85. The molecule has 1 N–H and O–H groups in total. The zero-order chi connectivity index (χ0) is 15.3. The Bertz CT molecular complexity index is 512. The Morgan fingerprint density at radius 1 is 1.30 bits per heavy atom. The predicted octanol–water partition coefficient (Wildman–Crippen LogP) is 2.57. The highest BCUT2D eigenvalue weighted by molar-refractivity contribution is 7.89. The smallest absolute Gasteiger partial charge is 0.244 e. The molecule has 5 nitrogen and oxygen atoms in total. The van der Waals surface area contributed by atoms with E-state index in [-0.39, 0.29) is 10.9 Å². The standard InChI is InChI=1S/C14H25N3O2S/c1-6-15-14-8-7-13(10-16-14)20(18,19)17(5)12(4)9-11(2)3/h7-8,10-12H,6,9H2,1-5H3,(H,15,16). The molecule has 0 bridgehead atoms. The highest BCUT2D eigenvalue weighted by Gasteiger charge is 2.25. The summed E-state index contributed by atoms with van der Waals surface area (Å²) in [5, 5.41) is 3.04. The Hall–Kier alpha value is -1.14. The van der Waals surface area contributed by atoms with E-state index >= 15 is 0 Å². The van der Waals surface area contributed by atoms with E-state index in [9.17, 15) is 8.42 Å². The molecule has 0 radical (unpaired) electrons. The number of nitrogens with one attached hydrogen (secondary N) is 1. The van der Waals surface area contributed by atoms with Crippen LogP contribution in [0, 0.1) is 5.92 Å². The quantitative estimate of drug-likeness (QED) is 0.840. The van der Waals surface area contributed by atoms with Crippen LogP contribution in [0.5, 0.6) is 0 Å². The van der Waals surface area contributed by atoms with E-state index in [0.717, 1.165) is 13.0 Å². The van der Waals surface area contributed by atoms with Crippen molar-refractivity contribution < 1.29 is 8.42 Å². The number of hydrogen-bond acceptors (Lipinski definition) is 4. The number of sulfonamides is 1. The van der Waals surface area contributed by atoms with Gasteiger partial charge in [0.05, 0.1) is 0 Å². The Morgan fingerprint density at radius 2 is 1.95 bits per heavy atom. The van der Waals surface area contributed by atoms with Gasteiger partial charge >= 0.3 is 0 Å². The van der Waals surface area contributed by atoms with Crippen LogP contribution in [0.4, 0.5) is 5.82 Å². The molecule has 0 aromatic carbocycles. The Labute approximate surface area is 122 Å². The fraction of sp³-hybridized carbons (Fsp3) is 0.643. The van der Waals surface area contributed by atoms with Crippen LogP contribution in [0.25, 0.3) is 0 Å². The highest BCUT2D eigenvalue weighted by atomic mass is 32.2. The van der Waals surface area contributed by atoms with E-state index in [2.05, 4.69) is 24.1 Å². The van der Waals surface area contributed by atoms with E-state index in [0.29, 0.717) is 11.7 Å². The third-order valence-corrected chi connectivity index (χ3v) is 5.16. The first-order chi connectivity index (χ1) is 9.28. The van der Waals surface area contributed by atoms with Crippen LogP contribution in [0.15, 0.2) is 23.2 Å². The van der Waals surface area contributed by atoms with Crippen molar-refractivity contribution in [3.05, 3.63) is 18.3 Å². The van der Waals surface area contributed by atoms with Crippen molar-refractivity contribution in [2.24, 2.45) is 5.92 Å². The molecule has 0 aliphatic rings. The van der Waals surface area contributed by atoms with Gasteiger partial charge in [0.1, 0.15) is 10.7 Å². The first-order valence-corrected chi connectivity index (χ1v) is 8.41. The van der Waals surface area contributed by atoms with Crippen molar-refractivity contribution in [3.63, 3.8) is 0 Å². The molecule has 0 aliphatic heterocycles. The molecule has 1 aromatic heterocycles. The zero-order valence-electron chi connectivity index (χ0n) is 12.9. The maximum absolute atomic E-state index is 12.5. The third kappa shape index (κ3) is 4.18. The second-order valence-electron chi connectivity index (χ2n) is 5.41. The topological polar surface area (TPSA) is 62.3 Å². The van der Waals surface area contributed by atoms with Crippen molar-refractivity contribution in [1.29, 1.82) is 0 Å². The molecule has 114 valence electrons. The lowest BCUT2D eigenvalue weighted by atomic mass is 10.1. The molecule has 0 saturated carbocycles. The fourth-order valence-corrected chi connectivity index (χ4v) is 3.37. The molecule has 1 aromatic rings. The van der Waals surface area contributed by atoms with Gasteiger partial charge in [-0.3, -0.25) is 0 Å². The average molecular weight is 299 g/mol. The largest absolute Gasteiger partial charge is 0.370 e. The summed E-state index contributed by atoms with van der Waals surface area (Å²) in [6.07, 6.45) is 2.24. The van der Waals surface area contributed by atoms with Crippen molar-refractivity contribution >= 4 is 15.8 Å². The van der Waals surface area contributed by atoms with Gasteiger partial charge in [-0.05, 0) is 38.3 Å². The van der Waals surface area contributed by atoms with Gasteiger partial charge in [0.25, 0.3) is 0 Å². The SMILES string of the molecule is CCNc1ccc(S(=O)(=O)N(C)C(C)CC(C)C)cn1. The molecule has 0 amide bonds. The fourth-order valence-electron chi connectivity index (χ4n) is 2.05. The summed E-state index contributed by atoms with van der Waals surface area (Å²) in [5.74, 6) is 1.14. The minimum absolute atomic E-state index is 0.0338. The normalized spacial score (nSPS) is 13.8. The summed E-state index contributed by atoms with van der Waals surface area (Å²) in [6, 6.07) is 3.25. The van der Waals surface area contributed by atoms with Crippen molar-refractivity contribution in [1.82, 2.24) is 9.29 Å². The van der Waals surface area contributed by atoms with Gasteiger partial charge in [-0.15, -0.1) is 0 Å². The molecule has 1 atom stereocenters. The van der Waals surface area contributed by atoms with E-state index in [1.807, 2.05) is 13.8 Å². The minimum atomic E-state index is -3.47. The van der Waals surface area contributed by atoms with Crippen LogP contribution in [0.1, 0.15) is 34.1 Å². The molecular formula is C14H25N3O2S. The molecule has 0 spiro atoms. The van der Waals surface area contributed by atoms with Crippen molar-refractivity contribution in [3.8, 4) is 0 Å². The third-order valence-electron chi connectivity index (χ3n) is 3.20. The second-order valence-corrected chi connectivity index (χ2v) is 7.41. The van der Waals surface area contributed by atoms with Crippen LogP contribution >= 0.6 is 0 Å². The summed E-state index contributed by atoms with van der Waals surface area (Å²) in [6.45, 7) is 8.82. The predicted molar refractivity (Wildman–Crippen MR) is 82.3 cm³/mol. The molecule has 20 heavy (non-hydrogen) atoms. The highest BCUT2D eigenvalue weighted by Crippen LogP contribution is 2.20. The second kappa shape index (κ2) is 7.04. The molecule has 6 heteroatoms. The number of rotatable bonds is 7. The van der Waals surface area contributed by atoms with Gasteiger partial charge in [0.15, 0.2) is 0 Å². The lowest BCUT2D eigenvalue weighted by Gasteiger charge is -2.25. The molecule has 0 saturated heterocycles. The van der Waals surface area contributed by atoms with Crippen molar-refractivity contribution in [2.45, 2.75) is 45.1 Å². The van der Waals surface area contributed by atoms with Crippen molar-refractivity contribution in [2.75, 3.05) is 18.9 Å². The van der Waals surface area contributed by atoms with Gasteiger partial charge < -0.3 is 5.32 Å². The first kappa shape index (κ1) is 16.9. The Balaban J connectivity index is 2.92. The summed E-state index contributed by atoms with van der Waals surface area (Å²) >= 11 is 0. The lowest BCUT2D eigenvalue weighted by molar-refractivity contribution is 0.337. The molecule has 0 aliphatic carbocycles. The Morgan fingerprint density at radius 3 is 2.40 bits per heavy atom. The maximum atomic E-state index is 12.5. The number of nitrogens with zero attached hydrogens (tertiary/aromatic N) is 2. The average Bonchev–Trinajstić information content (AvgIpc) is 2.38. The van der Waals surface area contributed by atoms with Gasteiger partial charge in [0.2, 0.25) is 10.0 Å². The lowest BCUT2D eigenvalue weighted by Crippen LogP contribution is -2.35. The van der Waals surface area contributed by atoms with E-state index in [1.165, 1.54) is 10.5 Å². The number of anilines is 1. The zero-order valence-corrected chi connectivity index (χ0v) is 13.7. The van der Waals surface area contributed by atoms with Gasteiger partial charge in [-0.25, -0.2) is 13.4 Å². The van der Waals surface area contributed by atoms with Crippen LogP contribution in [-0.2, 0) is 10.0 Å².